The molecule has 1 atom stereocenters. The summed E-state index contributed by atoms with van der Waals surface area (Å²) in [5, 5.41) is 31.1. The lowest BCUT2D eigenvalue weighted by Gasteiger charge is -2.28. The molecule has 0 aromatic carbocycles. The van der Waals surface area contributed by atoms with Gasteiger partial charge < -0.3 is 130 Å². The highest BCUT2D eigenvalue weighted by Gasteiger charge is 2.44. The van der Waals surface area contributed by atoms with Crippen molar-refractivity contribution in [1.82, 2.24) is 5.32 Å². The summed E-state index contributed by atoms with van der Waals surface area (Å²) in [5.41, 5.74) is -1.48. The summed E-state index contributed by atoms with van der Waals surface area (Å²) in [4.78, 5) is 37.1. The topological polar surface area (TPSA) is 336 Å². The predicted molar refractivity (Wildman–Crippen MR) is 389 cm³/mol. The van der Waals surface area contributed by atoms with Crippen LogP contribution in [-0.2, 0) is 123 Å². The fraction of sp³-hybridized carbons (Fsp3) is 0.959. The Morgan fingerprint density at radius 1 is 0.240 bits per heavy atom. The number of carboxylic acids is 2. The molecule has 0 rings (SSSR count). The highest BCUT2D eigenvalue weighted by atomic mass is 16.6. The molecule has 104 heavy (non-hydrogen) atoms. The molecular formula is C74H145NO29. The predicted octanol–water partition coefficient (Wildman–Crippen LogP) is 6.84. The molecule has 30 nitrogen and oxygen atoms in total. The zero-order chi connectivity index (χ0) is 75.0. The first-order valence-electron chi connectivity index (χ1n) is 39.0. The Bertz CT molecular complexity index is 1690. The van der Waals surface area contributed by atoms with Crippen LogP contribution in [0.15, 0.2) is 0 Å². The second-order valence-electron chi connectivity index (χ2n) is 24.1. The van der Waals surface area contributed by atoms with Crippen LogP contribution >= 0.6 is 0 Å². The number of unbranched alkanes of at least 4 members (excludes halogenated alkanes) is 15. The Kier molecular flexibility index (Phi) is 87.2. The summed E-state index contributed by atoms with van der Waals surface area (Å²) in [7, 11) is 0. The van der Waals surface area contributed by atoms with Crippen molar-refractivity contribution < 1.29 is 139 Å². The molecule has 620 valence electrons. The van der Waals surface area contributed by atoms with Crippen molar-refractivity contribution in [3.8, 4) is 0 Å². The third kappa shape index (κ3) is 80.5. The average Bonchev–Trinajstić information content (AvgIpc) is 0.821. The van der Waals surface area contributed by atoms with E-state index >= 15 is 0 Å². The number of aliphatic hydroxyl groups excluding tert-OH is 1. The maximum absolute atomic E-state index is 13.6. The first-order chi connectivity index (χ1) is 51.4. The Morgan fingerprint density at radius 3 is 0.596 bits per heavy atom. The van der Waals surface area contributed by atoms with Crippen molar-refractivity contribution in [2.45, 2.75) is 142 Å². The van der Waals surface area contributed by atoms with Crippen LogP contribution in [0.5, 0.6) is 0 Å². The zero-order valence-electron chi connectivity index (χ0n) is 64.2. The normalized spacial score (nSPS) is 12.3. The van der Waals surface area contributed by atoms with Gasteiger partial charge in [0, 0.05) is 26.2 Å². The highest BCUT2D eigenvalue weighted by molar-refractivity contribution is 6.01. The van der Waals surface area contributed by atoms with E-state index in [9.17, 15) is 19.5 Å². The molecule has 4 N–H and O–H groups in total. The standard InChI is InChI=1S/C74H145NO29/c1-2-25-82-27-29-84-31-33-86-35-37-88-39-41-90-43-45-92-47-49-94-51-53-96-55-57-98-59-61-100-63-65-102-67-69-104-70-68-103-66-64-101-62-60-99-58-56-97-54-52-95-50-48-93-46-44-91-42-40-89-38-36-87-34-32-85-30-28-83-26-23-75-72(79)74(73(80)81,21-17-13-9-5-3-7-11-15-19-24-76)22-18-14-10-6-4-8-12-16-20-71(77)78/h76H,2-70H2,1H3,(H,75,79)(H,77,78)(H,80,81). The Hall–Kier alpha value is -2.55. The Labute approximate surface area is 623 Å². The molecule has 0 saturated carbocycles. The molecule has 0 spiro atoms. The maximum Gasteiger partial charge on any atom is 0.319 e. The lowest BCUT2D eigenvalue weighted by molar-refractivity contribution is -0.157. The van der Waals surface area contributed by atoms with E-state index in [-0.39, 0.29) is 26.2 Å². The average molecular weight is 1510 g/mol. The van der Waals surface area contributed by atoms with Crippen molar-refractivity contribution in [3.63, 3.8) is 0 Å². The molecule has 0 aromatic heterocycles. The van der Waals surface area contributed by atoms with E-state index in [0.29, 0.717) is 323 Å². The highest BCUT2D eigenvalue weighted by Crippen LogP contribution is 2.33. The van der Waals surface area contributed by atoms with Gasteiger partial charge in [-0.25, -0.2) is 0 Å². The van der Waals surface area contributed by atoms with Gasteiger partial charge in [-0.05, 0) is 32.1 Å². The van der Waals surface area contributed by atoms with Gasteiger partial charge in [0.2, 0.25) is 5.91 Å². The summed E-state index contributed by atoms with van der Waals surface area (Å²) < 4.78 is 127. The molecule has 0 saturated heterocycles. The maximum atomic E-state index is 13.6. The molecule has 0 aliphatic heterocycles. The second kappa shape index (κ2) is 89.3. The Morgan fingerprint density at radius 2 is 0.413 bits per heavy atom. The van der Waals surface area contributed by atoms with Gasteiger partial charge in [0.05, 0.1) is 297 Å². The smallest absolute Gasteiger partial charge is 0.319 e. The molecule has 0 fully saturated rings. The number of carbonyl (C=O) groups is 3. The monoisotopic (exact) mass is 1510 g/mol. The van der Waals surface area contributed by atoms with Crippen LogP contribution in [-0.4, -0.2) is 350 Å². The van der Waals surface area contributed by atoms with E-state index in [1.807, 2.05) is 0 Å². The first-order valence-corrected chi connectivity index (χ1v) is 39.0. The van der Waals surface area contributed by atoms with Crippen LogP contribution < -0.4 is 5.32 Å². The van der Waals surface area contributed by atoms with E-state index in [2.05, 4.69) is 12.2 Å². The van der Waals surface area contributed by atoms with Gasteiger partial charge in [0.25, 0.3) is 0 Å². The lowest BCUT2D eigenvalue weighted by Crippen LogP contribution is -2.47. The molecule has 0 aliphatic carbocycles. The van der Waals surface area contributed by atoms with Crippen molar-refractivity contribution in [3.05, 3.63) is 0 Å². The summed E-state index contributed by atoms with van der Waals surface area (Å²) in [6.45, 7) is 24.4. The largest absolute Gasteiger partial charge is 0.481 e. The van der Waals surface area contributed by atoms with Gasteiger partial charge in [-0.1, -0.05) is 103 Å². The molecule has 0 bridgehead atoms. The number of nitrogens with one attached hydrogen (secondary N) is 1. The SMILES string of the molecule is CCCOCCOCCOCCOCCOCCOCCOCCOCCOCCOCCOCCOCCOCCOCCOCCOCCOCCOCCOCCOCCOCCOCCOCCNC(=O)C(CCCCCCCCCCCO)(CCCCCCCCCCC(=O)O)C(=O)O. The van der Waals surface area contributed by atoms with Gasteiger partial charge in [0.1, 0.15) is 5.41 Å². The van der Waals surface area contributed by atoms with Crippen LogP contribution in [0.4, 0.5) is 0 Å². The molecular weight excluding hydrogens is 1370 g/mol. The van der Waals surface area contributed by atoms with Crippen LogP contribution in [0.2, 0.25) is 0 Å². The minimum absolute atomic E-state index is 0.203. The lowest BCUT2D eigenvalue weighted by atomic mass is 9.76. The number of aliphatic carboxylic acids is 2. The minimum atomic E-state index is -1.48. The summed E-state index contributed by atoms with van der Waals surface area (Å²) >= 11 is 0. The van der Waals surface area contributed by atoms with Gasteiger partial charge in [-0.3, -0.25) is 14.4 Å². The first kappa shape index (κ1) is 101. The molecule has 0 aliphatic rings. The third-order valence-corrected chi connectivity index (χ3v) is 15.4. The Balaban J connectivity index is 3.45. The summed E-state index contributed by atoms with van der Waals surface area (Å²) in [6.07, 6.45) is 17.8. The number of hydrogen-bond acceptors (Lipinski definition) is 27. The summed E-state index contributed by atoms with van der Waals surface area (Å²) in [5.74, 6) is -2.28. The van der Waals surface area contributed by atoms with Crippen molar-refractivity contribution in [2.24, 2.45) is 5.41 Å². The fourth-order valence-electron chi connectivity index (χ4n) is 9.69. The molecule has 0 aromatic rings. The zero-order valence-corrected chi connectivity index (χ0v) is 64.2. The number of ether oxygens (including phenoxy) is 23. The number of carboxylic acid groups (broad SMARTS) is 2. The van der Waals surface area contributed by atoms with Crippen LogP contribution in [0, 0.1) is 5.41 Å². The second-order valence-corrected chi connectivity index (χ2v) is 24.1. The fourth-order valence-corrected chi connectivity index (χ4v) is 9.69. The number of carbonyl (C=O) groups excluding carboxylic acids is 1. The van der Waals surface area contributed by atoms with Crippen molar-refractivity contribution in [1.29, 1.82) is 0 Å². The van der Waals surface area contributed by atoms with E-state index in [0.717, 1.165) is 103 Å². The third-order valence-electron chi connectivity index (χ3n) is 15.4. The quantitative estimate of drug-likeness (QED) is 0.0357. The van der Waals surface area contributed by atoms with E-state index in [4.69, 9.17) is 119 Å². The van der Waals surface area contributed by atoms with E-state index in [1.165, 1.54) is 0 Å². The summed E-state index contributed by atoms with van der Waals surface area (Å²) in [6, 6.07) is 0. The van der Waals surface area contributed by atoms with Crippen molar-refractivity contribution >= 4 is 17.8 Å². The van der Waals surface area contributed by atoms with Gasteiger partial charge in [0.15, 0.2) is 0 Å². The van der Waals surface area contributed by atoms with Gasteiger partial charge in [-0.2, -0.15) is 0 Å². The number of rotatable bonds is 95. The van der Waals surface area contributed by atoms with Gasteiger partial charge >= 0.3 is 11.9 Å². The number of hydrogen-bond donors (Lipinski definition) is 4. The van der Waals surface area contributed by atoms with E-state index < -0.39 is 23.3 Å². The van der Waals surface area contributed by atoms with Crippen LogP contribution in [0.25, 0.3) is 0 Å². The van der Waals surface area contributed by atoms with Gasteiger partial charge in [-0.15, -0.1) is 0 Å². The van der Waals surface area contributed by atoms with Crippen LogP contribution in [0.1, 0.15) is 142 Å². The van der Waals surface area contributed by atoms with Crippen LogP contribution in [0.3, 0.4) is 0 Å². The number of aliphatic hydroxyl groups is 1. The molecule has 30 heteroatoms. The minimum Gasteiger partial charge on any atom is -0.481 e. The molecule has 0 heterocycles. The number of amides is 1. The molecule has 0 radical (unpaired) electrons. The van der Waals surface area contributed by atoms with E-state index in [1.54, 1.807) is 0 Å². The van der Waals surface area contributed by atoms with Crippen molar-refractivity contribution in [2.75, 3.05) is 317 Å². The molecule has 1 unspecified atom stereocenters. The molecule has 1 amide bonds.